The van der Waals surface area contributed by atoms with Gasteiger partial charge in [-0.2, -0.15) is 0 Å². The Morgan fingerprint density at radius 3 is 2.72 bits per heavy atom. The highest BCUT2D eigenvalue weighted by atomic mass is 16.3. The van der Waals surface area contributed by atoms with Crippen LogP contribution in [0.25, 0.3) is 0 Å². The largest absolute Gasteiger partial charge is 0.396 e. The van der Waals surface area contributed by atoms with Crippen molar-refractivity contribution in [3.63, 3.8) is 0 Å². The topological polar surface area (TPSA) is 49.5 Å². The lowest BCUT2D eigenvalue weighted by molar-refractivity contribution is 0.0650. The number of rotatable bonds is 5. The van der Waals surface area contributed by atoms with Crippen LogP contribution in [-0.2, 0) is 6.54 Å². The van der Waals surface area contributed by atoms with E-state index in [1.165, 1.54) is 18.4 Å². The van der Waals surface area contributed by atoms with Crippen LogP contribution >= 0.6 is 0 Å². The Labute approximate surface area is 110 Å². The van der Waals surface area contributed by atoms with E-state index < -0.39 is 0 Å². The van der Waals surface area contributed by atoms with Crippen molar-refractivity contribution in [3.05, 3.63) is 35.9 Å². The van der Waals surface area contributed by atoms with Gasteiger partial charge in [0.05, 0.1) is 0 Å². The molecule has 0 aliphatic carbocycles. The molecule has 0 bridgehead atoms. The minimum atomic E-state index is 0.201. The average molecular weight is 248 g/mol. The van der Waals surface area contributed by atoms with Gasteiger partial charge in [0.2, 0.25) is 0 Å². The molecule has 0 amide bonds. The summed E-state index contributed by atoms with van der Waals surface area (Å²) >= 11 is 0. The fourth-order valence-electron chi connectivity index (χ4n) is 2.92. The fraction of sp³-hybridized carbons (Fsp3) is 0.600. The van der Waals surface area contributed by atoms with Crippen LogP contribution < -0.4 is 5.73 Å². The Bertz CT molecular complexity index is 338. The standard InChI is InChI=1S/C15H24N2O/c16-10-14(12-18)15-8-4-5-9-17(15)11-13-6-2-1-3-7-13/h1-3,6-7,14-15,18H,4-5,8-12,16H2. The van der Waals surface area contributed by atoms with Crippen LogP contribution in [0.4, 0.5) is 0 Å². The number of hydrogen-bond donors (Lipinski definition) is 2. The smallest absolute Gasteiger partial charge is 0.0486 e. The molecule has 3 heteroatoms. The van der Waals surface area contributed by atoms with E-state index in [1.807, 2.05) is 6.07 Å². The monoisotopic (exact) mass is 248 g/mol. The third-order valence-electron chi connectivity index (χ3n) is 3.97. The molecule has 1 saturated heterocycles. The molecular weight excluding hydrogens is 224 g/mol. The molecule has 2 unspecified atom stereocenters. The SMILES string of the molecule is NCC(CO)C1CCCCN1Cc1ccccc1. The van der Waals surface area contributed by atoms with Crippen molar-refractivity contribution in [2.24, 2.45) is 11.7 Å². The van der Waals surface area contributed by atoms with E-state index in [4.69, 9.17) is 5.73 Å². The lowest BCUT2D eigenvalue weighted by atomic mass is 9.90. The molecule has 1 aliphatic rings. The van der Waals surface area contributed by atoms with Crippen LogP contribution in [0.15, 0.2) is 30.3 Å². The number of hydrogen-bond acceptors (Lipinski definition) is 3. The maximum Gasteiger partial charge on any atom is 0.0486 e. The number of aliphatic hydroxyl groups excluding tert-OH is 1. The van der Waals surface area contributed by atoms with Crippen LogP contribution in [0, 0.1) is 5.92 Å². The van der Waals surface area contributed by atoms with Crippen LogP contribution in [0.5, 0.6) is 0 Å². The predicted molar refractivity (Wildman–Crippen MR) is 74.1 cm³/mol. The Kier molecular flexibility index (Phi) is 5.17. The Morgan fingerprint density at radius 1 is 1.28 bits per heavy atom. The molecule has 1 fully saturated rings. The van der Waals surface area contributed by atoms with Crippen molar-refractivity contribution in [2.45, 2.75) is 31.8 Å². The summed E-state index contributed by atoms with van der Waals surface area (Å²) in [7, 11) is 0. The van der Waals surface area contributed by atoms with Crippen molar-refractivity contribution in [1.29, 1.82) is 0 Å². The normalized spacial score (nSPS) is 22.9. The van der Waals surface area contributed by atoms with Gasteiger partial charge in [0.15, 0.2) is 0 Å². The summed E-state index contributed by atoms with van der Waals surface area (Å²) in [5.74, 6) is 0.217. The molecule has 0 saturated carbocycles. The highest BCUT2D eigenvalue weighted by Crippen LogP contribution is 2.24. The molecule has 1 aromatic carbocycles. The third-order valence-corrected chi connectivity index (χ3v) is 3.97. The van der Waals surface area contributed by atoms with Crippen LogP contribution in [-0.4, -0.2) is 35.7 Å². The maximum atomic E-state index is 9.46. The minimum Gasteiger partial charge on any atom is -0.396 e. The quantitative estimate of drug-likeness (QED) is 0.832. The van der Waals surface area contributed by atoms with Gasteiger partial charge in [-0.1, -0.05) is 36.8 Å². The lowest BCUT2D eigenvalue weighted by Gasteiger charge is -2.39. The Hall–Kier alpha value is -0.900. The van der Waals surface area contributed by atoms with Gasteiger partial charge >= 0.3 is 0 Å². The fourth-order valence-corrected chi connectivity index (χ4v) is 2.92. The number of nitrogens with zero attached hydrogens (tertiary/aromatic N) is 1. The molecule has 3 nitrogen and oxygen atoms in total. The zero-order chi connectivity index (χ0) is 12.8. The molecule has 1 aliphatic heterocycles. The van der Waals surface area contributed by atoms with E-state index >= 15 is 0 Å². The summed E-state index contributed by atoms with van der Waals surface area (Å²) in [5.41, 5.74) is 7.13. The number of likely N-dealkylation sites (tertiary alicyclic amines) is 1. The van der Waals surface area contributed by atoms with Gasteiger partial charge in [0.25, 0.3) is 0 Å². The van der Waals surface area contributed by atoms with Gasteiger partial charge in [-0.15, -0.1) is 0 Å². The molecule has 2 rings (SSSR count). The molecule has 1 heterocycles. The molecular formula is C15H24N2O. The van der Waals surface area contributed by atoms with E-state index in [0.29, 0.717) is 12.6 Å². The molecule has 0 aromatic heterocycles. The first-order chi connectivity index (χ1) is 8.85. The Morgan fingerprint density at radius 2 is 2.06 bits per heavy atom. The molecule has 2 atom stereocenters. The van der Waals surface area contributed by atoms with E-state index in [2.05, 4.69) is 29.2 Å². The van der Waals surface area contributed by atoms with Gasteiger partial charge in [-0.05, 0) is 31.5 Å². The van der Waals surface area contributed by atoms with Crippen molar-refractivity contribution >= 4 is 0 Å². The van der Waals surface area contributed by atoms with Crippen molar-refractivity contribution in [2.75, 3.05) is 19.7 Å². The molecule has 0 radical (unpaired) electrons. The van der Waals surface area contributed by atoms with E-state index in [-0.39, 0.29) is 12.5 Å². The number of nitrogens with two attached hydrogens (primary N) is 1. The minimum absolute atomic E-state index is 0.201. The lowest BCUT2D eigenvalue weighted by Crippen LogP contribution is -2.47. The van der Waals surface area contributed by atoms with Crippen LogP contribution in [0.3, 0.4) is 0 Å². The van der Waals surface area contributed by atoms with Gasteiger partial charge in [-0.25, -0.2) is 0 Å². The molecule has 1 aromatic rings. The van der Waals surface area contributed by atoms with Crippen molar-refractivity contribution < 1.29 is 5.11 Å². The van der Waals surface area contributed by atoms with Gasteiger partial charge in [0.1, 0.15) is 0 Å². The second kappa shape index (κ2) is 6.88. The van der Waals surface area contributed by atoms with Crippen molar-refractivity contribution in [3.8, 4) is 0 Å². The predicted octanol–water partition coefficient (Wildman–Crippen LogP) is 1.61. The van der Waals surface area contributed by atoms with E-state index in [0.717, 1.165) is 19.5 Å². The van der Waals surface area contributed by atoms with Crippen molar-refractivity contribution in [1.82, 2.24) is 4.90 Å². The summed E-state index contributed by atoms with van der Waals surface area (Å²) in [6, 6.07) is 11.0. The molecule has 0 spiro atoms. The van der Waals surface area contributed by atoms with E-state index in [1.54, 1.807) is 0 Å². The number of benzene rings is 1. The number of piperidine rings is 1. The van der Waals surface area contributed by atoms with E-state index in [9.17, 15) is 5.11 Å². The zero-order valence-electron chi connectivity index (χ0n) is 11.0. The first-order valence-corrected chi connectivity index (χ1v) is 6.94. The summed E-state index contributed by atoms with van der Waals surface area (Å²) in [5, 5.41) is 9.46. The maximum absolute atomic E-state index is 9.46. The van der Waals surface area contributed by atoms with Crippen LogP contribution in [0.2, 0.25) is 0 Å². The molecule has 3 N–H and O–H groups in total. The second-order valence-corrected chi connectivity index (χ2v) is 5.20. The number of aliphatic hydroxyl groups is 1. The van der Waals surface area contributed by atoms with Crippen LogP contribution in [0.1, 0.15) is 24.8 Å². The summed E-state index contributed by atoms with van der Waals surface area (Å²) in [6.45, 7) is 2.87. The van der Waals surface area contributed by atoms with Gasteiger partial charge < -0.3 is 10.8 Å². The molecule has 18 heavy (non-hydrogen) atoms. The molecule has 100 valence electrons. The Balaban J connectivity index is 2.03. The third kappa shape index (κ3) is 3.31. The summed E-state index contributed by atoms with van der Waals surface area (Å²) in [6.07, 6.45) is 3.67. The average Bonchev–Trinajstić information content (AvgIpc) is 2.43. The zero-order valence-corrected chi connectivity index (χ0v) is 11.0. The summed E-state index contributed by atoms with van der Waals surface area (Å²) in [4.78, 5) is 2.49. The first-order valence-electron chi connectivity index (χ1n) is 6.94. The highest BCUT2D eigenvalue weighted by molar-refractivity contribution is 5.14. The first kappa shape index (κ1) is 13.5. The van der Waals surface area contributed by atoms with Gasteiger partial charge in [0, 0.05) is 25.1 Å². The second-order valence-electron chi connectivity index (χ2n) is 5.20. The highest BCUT2D eigenvalue weighted by Gasteiger charge is 2.28. The summed E-state index contributed by atoms with van der Waals surface area (Å²) < 4.78 is 0. The van der Waals surface area contributed by atoms with Gasteiger partial charge in [-0.3, -0.25) is 4.90 Å².